The molecule has 3 N–H and O–H groups in total. The quantitative estimate of drug-likeness (QED) is 0.757. The Bertz CT molecular complexity index is 312. The summed E-state index contributed by atoms with van der Waals surface area (Å²) in [6.45, 7) is 3.99. The molecule has 1 unspecified atom stereocenters. The predicted octanol–water partition coefficient (Wildman–Crippen LogP) is 1.36. The number of carbonyl (C=O) groups is 1. The van der Waals surface area contributed by atoms with Gasteiger partial charge in [0.2, 0.25) is 5.91 Å². The first-order chi connectivity index (χ1) is 7.59. The molecule has 1 rings (SSSR count). The van der Waals surface area contributed by atoms with Crippen molar-refractivity contribution in [2.24, 2.45) is 5.73 Å². The summed E-state index contributed by atoms with van der Waals surface area (Å²) >= 11 is 1.63. The van der Waals surface area contributed by atoms with Crippen molar-refractivity contribution in [2.45, 2.75) is 31.7 Å². The number of hydrogen-bond donors (Lipinski definition) is 2. The van der Waals surface area contributed by atoms with Gasteiger partial charge < -0.3 is 15.5 Å². The molecule has 0 radical (unpaired) electrons. The molecule has 1 atom stereocenters. The second-order valence-electron chi connectivity index (χ2n) is 3.87. The van der Waals surface area contributed by atoms with Gasteiger partial charge in [0.05, 0.1) is 18.1 Å². The van der Waals surface area contributed by atoms with Gasteiger partial charge in [0, 0.05) is 11.8 Å². The van der Waals surface area contributed by atoms with E-state index in [2.05, 4.69) is 5.32 Å². The van der Waals surface area contributed by atoms with E-state index in [9.17, 15) is 4.79 Å². The average Bonchev–Trinajstić information content (AvgIpc) is 2.68. The van der Waals surface area contributed by atoms with Gasteiger partial charge >= 0.3 is 0 Å². The van der Waals surface area contributed by atoms with Gasteiger partial charge in [-0.3, -0.25) is 4.79 Å². The smallest absolute Gasteiger partial charge is 0.235 e. The van der Waals surface area contributed by atoms with Crippen molar-refractivity contribution < 1.29 is 9.21 Å². The average molecular weight is 242 g/mol. The van der Waals surface area contributed by atoms with Gasteiger partial charge in [0.25, 0.3) is 0 Å². The summed E-state index contributed by atoms with van der Waals surface area (Å²) in [4.78, 5) is 11.2. The number of carbonyl (C=O) groups excluding carboxylic acids is 1. The predicted molar refractivity (Wildman–Crippen MR) is 66.1 cm³/mol. The van der Waals surface area contributed by atoms with Crippen molar-refractivity contribution in [3.63, 3.8) is 0 Å². The van der Waals surface area contributed by atoms with Gasteiger partial charge in [-0.05, 0) is 12.1 Å². The summed E-state index contributed by atoms with van der Waals surface area (Å²) in [6, 6.07) is 3.75. The molecule has 0 aliphatic rings. The van der Waals surface area contributed by atoms with E-state index in [0.29, 0.717) is 5.75 Å². The maximum atomic E-state index is 11.2. The second-order valence-corrected chi connectivity index (χ2v) is 4.90. The molecule has 0 spiro atoms. The first-order valence-corrected chi connectivity index (χ1v) is 6.40. The lowest BCUT2D eigenvalue weighted by Crippen LogP contribution is -2.46. The minimum atomic E-state index is -0.305. The molecule has 0 aliphatic carbocycles. The number of hydrogen-bond acceptors (Lipinski definition) is 4. The number of nitrogens with one attached hydrogen (secondary N) is 1. The highest BCUT2D eigenvalue weighted by molar-refractivity contribution is 7.98. The monoisotopic (exact) mass is 242 g/mol. The van der Waals surface area contributed by atoms with Crippen LogP contribution in [0, 0.1) is 0 Å². The molecule has 5 heteroatoms. The zero-order valence-electron chi connectivity index (χ0n) is 9.60. The van der Waals surface area contributed by atoms with Gasteiger partial charge in [-0.25, -0.2) is 0 Å². The largest absolute Gasteiger partial charge is 0.468 e. The van der Waals surface area contributed by atoms with Crippen molar-refractivity contribution in [3.05, 3.63) is 24.2 Å². The van der Waals surface area contributed by atoms with Crippen molar-refractivity contribution in [1.82, 2.24) is 5.32 Å². The Morgan fingerprint density at radius 1 is 1.62 bits per heavy atom. The fraction of sp³-hybridized carbons (Fsp3) is 0.545. The first kappa shape index (κ1) is 13.1. The maximum Gasteiger partial charge on any atom is 0.235 e. The van der Waals surface area contributed by atoms with Gasteiger partial charge in [0.15, 0.2) is 0 Å². The Morgan fingerprint density at radius 2 is 2.38 bits per heavy atom. The summed E-state index contributed by atoms with van der Waals surface area (Å²) < 4.78 is 5.20. The highest BCUT2D eigenvalue weighted by Gasteiger charge is 2.15. The number of nitrogens with two attached hydrogens (primary N) is 1. The second kappa shape index (κ2) is 6.60. The molecular formula is C11H18N2O2S. The molecular weight excluding hydrogens is 224 g/mol. The molecule has 1 heterocycles. The van der Waals surface area contributed by atoms with E-state index in [1.165, 1.54) is 0 Å². The minimum Gasteiger partial charge on any atom is -0.468 e. The van der Waals surface area contributed by atoms with Gasteiger partial charge in [0.1, 0.15) is 5.76 Å². The lowest BCUT2D eigenvalue weighted by Gasteiger charge is -2.17. The van der Waals surface area contributed by atoms with E-state index in [4.69, 9.17) is 10.2 Å². The molecule has 0 saturated carbocycles. The van der Waals surface area contributed by atoms with Crippen LogP contribution in [0.3, 0.4) is 0 Å². The molecule has 0 fully saturated rings. The lowest BCUT2D eigenvalue weighted by molar-refractivity contribution is -0.119. The summed E-state index contributed by atoms with van der Waals surface area (Å²) in [5, 5.41) is 3.13. The third-order valence-electron chi connectivity index (χ3n) is 1.99. The SMILES string of the molecule is CC(C)NC(CSCc1ccco1)C(N)=O. The van der Waals surface area contributed by atoms with Crippen LogP contribution in [0.4, 0.5) is 0 Å². The zero-order valence-corrected chi connectivity index (χ0v) is 10.4. The number of amides is 1. The third-order valence-corrected chi connectivity index (χ3v) is 3.04. The number of primary amides is 1. The van der Waals surface area contributed by atoms with Crippen LogP contribution in [0.15, 0.2) is 22.8 Å². The topological polar surface area (TPSA) is 68.3 Å². The molecule has 4 nitrogen and oxygen atoms in total. The van der Waals surface area contributed by atoms with E-state index in [-0.39, 0.29) is 18.0 Å². The van der Waals surface area contributed by atoms with E-state index >= 15 is 0 Å². The van der Waals surface area contributed by atoms with E-state index < -0.39 is 0 Å². The molecule has 90 valence electrons. The first-order valence-electron chi connectivity index (χ1n) is 5.25. The fourth-order valence-electron chi connectivity index (χ4n) is 1.29. The standard InChI is InChI=1S/C11H18N2O2S/c1-8(2)13-10(11(12)14)7-16-6-9-4-3-5-15-9/h3-5,8,10,13H,6-7H2,1-2H3,(H2,12,14). The van der Waals surface area contributed by atoms with Crippen LogP contribution in [-0.4, -0.2) is 23.7 Å². The molecule has 16 heavy (non-hydrogen) atoms. The molecule has 0 aromatic carbocycles. The van der Waals surface area contributed by atoms with Crippen molar-refractivity contribution in [1.29, 1.82) is 0 Å². The van der Waals surface area contributed by atoms with Crippen LogP contribution in [-0.2, 0) is 10.5 Å². The molecule has 1 amide bonds. The fourth-order valence-corrected chi connectivity index (χ4v) is 2.27. The molecule has 1 aromatic rings. The molecule has 1 aromatic heterocycles. The van der Waals surface area contributed by atoms with E-state index in [1.807, 2.05) is 26.0 Å². The normalized spacial score (nSPS) is 12.9. The Kier molecular flexibility index (Phi) is 5.42. The Morgan fingerprint density at radius 3 is 2.88 bits per heavy atom. The van der Waals surface area contributed by atoms with Crippen LogP contribution < -0.4 is 11.1 Å². The van der Waals surface area contributed by atoms with Gasteiger partial charge in [-0.2, -0.15) is 11.8 Å². The Balaban J connectivity index is 2.30. The summed E-state index contributed by atoms with van der Waals surface area (Å²) in [5.74, 6) is 2.03. The van der Waals surface area contributed by atoms with Crippen LogP contribution in [0.1, 0.15) is 19.6 Å². The van der Waals surface area contributed by atoms with Crippen molar-refractivity contribution in [2.75, 3.05) is 5.75 Å². The third kappa shape index (κ3) is 4.72. The van der Waals surface area contributed by atoms with E-state index in [0.717, 1.165) is 11.5 Å². The molecule has 0 saturated heterocycles. The highest BCUT2D eigenvalue weighted by Crippen LogP contribution is 2.13. The van der Waals surface area contributed by atoms with Crippen molar-refractivity contribution >= 4 is 17.7 Å². The summed E-state index contributed by atoms with van der Waals surface area (Å²) in [7, 11) is 0. The summed E-state index contributed by atoms with van der Waals surface area (Å²) in [6.07, 6.45) is 1.65. The van der Waals surface area contributed by atoms with E-state index in [1.54, 1.807) is 18.0 Å². The van der Waals surface area contributed by atoms with Crippen molar-refractivity contribution in [3.8, 4) is 0 Å². The Labute approximate surface area is 100.0 Å². The Hall–Kier alpha value is -0.940. The minimum absolute atomic E-state index is 0.252. The number of furan rings is 1. The lowest BCUT2D eigenvalue weighted by atomic mass is 10.3. The van der Waals surface area contributed by atoms with Gasteiger partial charge in [-0.1, -0.05) is 13.8 Å². The van der Waals surface area contributed by atoms with Crippen LogP contribution in [0.25, 0.3) is 0 Å². The number of rotatable bonds is 7. The molecule has 0 aliphatic heterocycles. The highest BCUT2D eigenvalue weighted by atomic mass is 32.2. The van der Waals surface area contributed by atoms with Crippen LogP contribution >= 0.6 is 11.8 Å². The van der Waals surface area contributed by atoms with Crippen LogP contribution in [0.2, 0.25) is 0 Å². The zero-order chi connectivity index (χ0) is 12.0. The maximum absolute atomic E-state index is 11.2. The van der Waals surface area contributed by atoms with Crippen LogP contribution in [0.5, 0.6) is 0 Å². The summed E-state index contributed by atoms with van der Waals surface area (Å²) in [5.41, 5.74) is 5.31. The van der Waals surface area contributed by atoms with Gasteiger partial charge in [-0.15, -0.1) is 0 Å². The number of thioether (sulfide) groups is 1. The molecule has 0 bridgehead atoms.